The summed E-state index contributed by atoms with van der Waals surface area (Å²) in [6.07, 6.45) is 3.07. The molecule has 1 heterocycles. The molecule has 2 saturated carbocycles. The Morgan fingerprint density at radius 2 is 1.67 bits per heavy atom. The zero-order valence-corrected chi connectivity index (χ0v) is 23.8. The van der Waals surface area contributed by atoms with Gasteiger partial charge in [0, 0.05) is 37.1 Å². The highest BCUT2D eigenvalue weighted by Gasteiger charge is 2.60. The molecule has 0 aromatic heterocycles. The quantitative estimate of drug-likeness (QED) is 0.448. The number of hydrogen-bond donors (Lipinski definition) is 3. The lowest BCUT2D eigenvalue weighted by molar-refractivity contribution is -0.186. The standard InChI is InChI=1S/C29H44N2O8/c1-28-11-10-24(39-27(35)30-18-14-21(36-3)26(38-5)22(15-18)37-4)29(2,17-32)23(28)9-8-20(33)19(28)16-25(34)31-12-6-7-13-31/h14-15,19-20,23-24,32-33H,6-13,16-17H2,1-5H3,(H,30,35)/t19-,20-,23+,24-,28+,29+/m1/s1. The second kappa shape index (κ2) is 11.8. The maximum absolute atomic E-state index is 13.1. The molecule has 1 aromatic rings. The van der Waals surface area contributed by atoms with E-state index in [4.69, 9.17) is 18.9 Å². The normalized spacial score (nSPS) is 32.2. The Balaban J connectivity index is 1.50. The van der Waals surface area contributed by atoms with Gasteiger partial charge in [-0.3, -0.25) is 10.1 Å². The number of anilines is 1. The van der Waals surface area contributed by atoms with Gasteiger partial charge in [-0.25, -0.2) is 4.79 Å². The van der Waals surface area contributed by atoms with Crippen molar-refractivity contribution in [3.63, 3.8) is 0 Å². The van der Waals surface area contributed by atoms with Crippen LogP contribution in [0.25, 0.3) is 0 Å². The number of fused-ring (bicyclic) bond motifs is 1. The van der Waals surface area contributed by atoms with Crippen LogP contribution in [0.1, 0.15) is 58.8 Å². The minimum atomic E-state index is -0.727. The second-order valence-electron chi connectivity index (χ2n) is 11.7. The number of methoxy groups -OCH3 is 3. The second-order valence-corrected chi connectivity index (χ2v) is 11.7. The van der Waals surface area contributed by atoms with Gasteiger partial charge in [0.05, 0.1) is 39.7 Å². The first-order valence-corrected chi connectivity index (χ1v) is 14.0. The van der Waals surface area contributed by atoms with Crippen molar-refractivity contribution in [1.82, 2.24) is 4.90 Å². The van der Waals surface area contributed by atoms with Crippen LogP contribution in [0.15, 0.2) is 12.1 Å². The van der Waals surface area contributed by atoms with Crippen LogP contribution in [0.2, 0.25) is 0 Å². The molecule has 2 amide bonds. The van der Waals surface area contributed by atoms with Gasteiger partial charge in [-0.15, -0.1) is 0 Å². The molecule has 1 aliphatic heterocycles. The van der Waals surface area contributed by atoms with E-state index in [1.807, 2.05) is 11.8 Å². The zero-order chi connectivity index (χ0) is 28.4. The van der Waals surface area contributed by atoms with Crippen molar-refractivity contribution in [3.05, 3.63) is 12.1 Å². The molecular formula is C29H44N2O8. The summed E-state index contributed by atoms with van der Waals surface area (Å²) < 4.78 is 22.1. The van der Waals surface area contributed by atoms with Crippen LogP contribution >= 0.6 is 0 Å². The molecule has 0 spiro atoms. The lowest BCUT2D eigenvalue weighted by Crippen LogP contribution is -2.61. The third-order valence-corrected chi connectivity index (χ3v) is 9.69. The fraction of sp³-hybridized carbons (Fsp3) is 0.724. The zero-order valence-electron chi connectivity index (χ0n) is 23.8. The molecular weight excluding hydrogens is 504 g/mol. The molecule has 3 aliphatic rings. The summed E-state index contributed by atoms with van der Waals surface area (Å²) >= 11 is 0. The first-order chi connectivity index (χ1) is 18.6. The van der Waals surface area contributed by atoms with Gasteiger partial charge in [0.25, 0.3) is 0 Å². The van der Waals surface area contributed by atoms with Crippen molar-refractivity contribution in [1.29, 1.82) is 0 Å². The molecule has 218 valence electrons. The summed E-state index contributed by atoms with van der Waals surface area (Å²) in [5.41, 5.74) is -0.672. The van der Waals surface area contributed by atoms with E-state index >= 15 is 0 Å². The van der Waals surface area contributed by atoms with Crippen LogP contribution < -0.4 is 19.5 Å². The number of hydrogen-bond acceptors (Lipinski definition) is 8. The number of amides is 2. The van der Waals surface area contributed by atoms with Crippen LogP contribution in [0, 0.1) is 22.7 Å². The third-order valence-electron chi connectivity index (χ3n) is 9.69. The molecule has 10 heteroatoms. The van der Waals surface area contributed by atoms with Crippen molar-refractivity contribution >= 4 is 17.7 Å². The number of aliphatic hydroxyl groups is 2. The van der Waals surface area contributed by atoms with Crippen LogP contribution in [0.5, 0.6) is 17.2 Å². The molecule has 4 rings (SSSR count). The number of likely N-dealkylation sites (tertiary alicyclic amines) is 1. The maximum atomic E-state index is 13.1. The van der Waals surface area contributed by atoms with E-state index in [1.165, 1.54) is 21.3 Å². The van der Waals surface area contributed by atoms with Crippen molar-refractivity contribution < 1.29 is 38.7 Å². The van der Waals surface area contributed by atoms with E-state index in [2.05, 4.69) is 12.2 Å². The Kier molecular flexibility index (Phi) is 8.85. The van der Waals surface area contributed by atoms with Gasteiger partial charge < -0.3 is 34.1 Å². The first kappa shape index (κ1) is 29.3. The van der Waals surface area contributed by atoms with Crippen LogP contribution in [-0.4, -0.2) is 80.3 Å². The van der Waals surface area contributed by atoms with Gasteiger partial charge in [0.15, 0.2) is 11.5 Å². The molecule has 3 N–H and O–H groups in total. The smallest absolute Gasteiger partial charge is 0.411 e. The Morgan fingerprint density at radius 1 is 1.03 bits per heavy atom. The lowest BCUT2D eigenvalue weighted by atomic mass is 9.46. The van der Waals surface area contributed by atoms with Crippen molar-refractivity contribution in [2.24, 2.45) is 22.7 Å². The monoisotopic (exact) mass is 548 g/mol. The van der Waals surface area contributed by atoms with Crippen LogP contribution in [0.3, 0.4) is 0 Å². The molecule has 39 heavy (non-hydrogen) atoms. The van der Waals surface area contributed by atoms with Crippen LogP contribution in [-0.2, 0) is 9.53 Å². The number of nitrogens with one attached hydrogen (secondary N) is 1. The Morgan fingerprint density at radius 3 is 2.23 bits per heavy atom. The summed E-state index contributed by atoms with van der Waals surface area (Å²) in [7, 11) is 4.50. The van der Waals surface area contributed by atoms with E-state index in [-0.39, 0.29) is 29.8 Å². The van der Waals surface area contributed by atoms with Crippen LogP contribution in [0.4, 0.5) is 10.5 Å². The number of aliphatic hydroxyl groups excluding tert-OH is 2. The van der Waals surface area contributed by atoms with Crippen molar-refractivity contribution in [2.75, 3.05) is 46.3 Å². The lowest BCUT2D eigenvalue weighted by Gasteiger charge is -2.60. The Labute approximate surface area is 230 Å². The minimum absolute atomic E-state index is 0.0255. The molecule has 10 nitrogen and oxygen atoms in total. The SMILES string of the molecule is COc1cc(NC(=O)O[C@@H]2CC[C@]3(C)[C@H](CC[C@@H](O)[C@H]3CC(=O)N3CCCC3)[C@]2(C)CO)cc(OC)c1OC. The largest absolute Gasteiger partial charge is 0.493 e. The Hall–Kier alpha value is -2.72. The van der Waals surface area contributed by atoms with Gasteiger partial charge in [-0.2, -0.15) is 0 Å². The molecule has 6 atom stereocenters. The maximum Gasteiger partial charge on any atom is 0.411 e. The predicted octanol–water partition coefficient (Wildman–Crippen LogP) is 3.83. The van der Waals surface area contributed by atoms with Crippen molar-refractivity contribution in [2.45, 2.75) is 71.0 Å². The van der Waals surface area contributed by atoms with Gasteiger partial charge in [-0.1, -0.05) is 13.8 Å². The summed E-state index contributed by atoms with van der Waals surface area (Å²) in [4.78, 5) is 28.1. The summed E-state index contributed by atoms with van der Waals surface area (Å²) in [5.74, 6) is 1.08. The molecule has 2 aliphatic carbocycles. The van der Waals surface area contributed by atoms with E-state index in [1.54, 1.807) is 12.1 Å². The van der Waals surface area contributed by atoms with Gasteiger partial charge in [0.2, 0.25) is 11.7 Å². The van der Waals surface area contributed by atoms with Gasteiger partial charge in [-0.05, 0) is 55.8 Å². The van der Waals surface area contributed by atoms with E-state index < -0.39 is 23.7 Å². The van der Waals surface area contributed by atoms with Gasteiger partial charge in [0.1, 0.15) is 6.10 Å². The topological polar surface area (TPSA) is 127 Å². The third kappa shape index (κ3) is 5.50. The molecule has 0 bridgehead atoms. The average Bonchev–Trinajstić information content (AvgIpc) is 3.47. The van der Waals surface area contributed by atoms with Crippen molar-refractivity contribution in [3.8, 4) is 17.2 Å². The van der Waals surface area contributed by atoms with E-state index in [0.29, 0.717) is 55.0 Å². The molecule has 1 saturated heterocycles. The average molecular weight is 549 g/mol. The number of nitrogens with zero attached hydrogens (tertiary/aromatic N) is 1. The highest BCUT2D eigenvalue weighted by atomic mass is 16.6. The fourth-order valence-corrected chi connectivity index (χ4v) is 7.49. The number of ether oxygens (including phenoxy) is 4. The molecule has 3 fully saturated rings. The highest BCUT2D eigenvalue weighted by Crippen LogP contribution is 2.61. The predicted molar refractivity (Wildman–Crippen MR) is 145 cm³/mol. The summed E-state index contributed by atoms with van der Waals surface area (Å²) in [6, 6.07) is 3.24. The Bertz CT molecular complexity index is 1020. The summed E-state index contributed by atoms with van der Waals surface area (Å²) in [5, 5.41) is 24.5. The summed E-state index contributed by atoms with van der Waals surface area (Å²) in [6.45, 7) is 5.50. The molecule has 1 aromatic carbocycles. The molecule has 0 radical (unpaired) electrons. The number of carbonyl (C=O) groups is 2. The van der Waals surface area contributed by atoms with Gasteiger partial charge >= 0.3 is 6.09 Å². The highest BCUT2D eigenvalue weighted by molar-refractivity contribution is 5.86. The number of benzene rings is 1. The van der Waals surface area contributed by atoms with E-state index in [9.17, 15) is 19.8 Å². The van der Waals surface area contributed by atoms with E-state index in [0.717, 1.165) is 25.9 Å². The first-order valence-electron chi connectivity index (χ1n) is 14.0. The molecule has 0 unspecified atom stereocenters. The minimum Gasteiger partial charge on any atom is -0.493 e. The fourth-order valence-electron chi connectivity index (χ4n) is 7.49. The number of rotatable bonds is 8. The number of carbonyl (C=O) groups excluding carboxylic acids is 2.